The number of rotatable bonds is 6. The van der Waals surface area contributed by atoms with E-state index in [4.69, 9.17) is 15.2 Å². The lowest BCUT2D eigenvalue weighted by molar-refractivity contribution is 0.0369. The summed E-state index contributed by atoms with van der Waals surface area (Å²) in [6.07, 6.45) is 1.26. The van der Waals surface area contributed by atoms with Crippen molar-refractivity contribution in [2.75, 3.05) is 33.8 Å². The van der Waals surface area contributed by atoms with Crippen LogP contribution in [0.25, 0.3) is 0 Å². The highest BCUT2D eigenvalue weighted by molar-refractivity contribution is 5.44. The van der Waals surface area contributed by atoms with Gasteiger partial charge in [-0.05, 0) is 43.6 Å². The Morgan fingerprint density at radius 2 is 2.11 bits per heavy atom. The van der Waals surface area contributed by atoms with Crippen molar-refractivity contribution in [3.63, 3.8) is 0 Å². The molecule has 4 heteroatoms. The van der Waals surface area contributed by atoms with Gasteiger partial charge >= 0.3 is 0 Å². The van der Waals surface area contributed by atoms with E-state index in [1.54, 1.807) is 7.11 Å². The van der Waals surface area contributed by atoms with Crippen LogP contribution in [0.5, 0.6) is 11.5 Å². The van der Waals surface area contributed by atoms with Crippen LogP contribution >= 0.6 is 0 Å². The van der Waals surface area contributed by atoms with E-state index in [1.165, 1.54) is 5.56 Å². The van der Waals surface area contributed by atoms with Crippen LogP contribution in [0.4, 0.5) is 0 Å². The molecule has 1 unspecified atom stereocenters. The highest BCUT2D eigenvalue weighted by Crippen LogP contribution is 2.33. The maximum atomic E-state index is 6.01. The molecule has 1 aliphatic rings. The average Bonchev–Trinajstić information content (AvgIpc) is 2.37. The predicted octanol–water partition coefficient (Wildman–Crippen LogP) is 1.84. The predicted molar refractivity (Wildman–Crippen MR) is 77.0 cm³/mol. The third kappa shape index (κ3) is 3.39. The van der Waals surface area contributed by atoms with Gasteiger partial charge in [0.15, 0.2) is 11.5 Å². The Kier molecular flexibility index (Phi) is 4.66. The fourth-order valence-corrected chi connectivity index (χ4v) is 2.40. The number of nitrogens with zero attached hydrogens (tertiary/aromatic N) is 1. The van der Waals surface area contributed by atoms with Crippen LogP contribution in [0.2, 0.25) is 0 Å². The standard InChI is InChI=1S/C15H24N2O2/c1-11(6-7-16)12-4-5-14(18-3)15(8-12)19-13-9-17(2)10-13/h4-5,8,11,13H,6-7,9-10,16H2,1-3H3. The lowest BCUT2D eigenvalue weighted by Crippen LogP contribution is -2.51. The van der Waals surface area contributed by atoms with Crippen molar-refractivity contribution in [3.8, 4) is 11.5 Å². The fourth-order valence-electron chi connectivity index (χ4n) is 2.40. The molecule has 1 aromatic rings. The van der Waals surface area contributed by atoms with Crippen LogP contribution in [0.3, 0.4) is 0 Å². The first-order chi connectivity index (χ1) is 9.13. The average molecular weight is 264 g/mol. The van der Waals surface area contributed by atoms with E-state index in [1.807, 2.05) is 6.07 Å². The monoisotopic (exact) mass is 264 g/mol. The summed E-state index contributed by atoms with van der Waals surface area (Å²) in [4.78, 5) is 2.23. The molecule has 19 heavy (non-hydrogen) atoms. The van der Waals surface area contributed by atoms with E-state index in [0.29, 0.717) is 12.5 Å². The summed E-state index contributed by atoms with van der Waals surface area (Å²) in [7, 11) is 3.77. The summed E-state index contributed by atoms with van der Waals surface area (Å²) >= 11 is 0. The number of hydrogen-bond acceptors (Lipinski definition) is 4. The molecule has 0 amide bonds. The van der Waals surface area contributed by atoms with Gasteiger partial charge in [-0.15, -0.1) is 0 Å². The van der Waals surface area contributed by atoms with Crippen LogP contribution in [-0.4, -0.2) is 44.8 Å². The minimum absolute atomic E-state index is 0.277. The number of nitrogens with two attached hydrogens (primary N) is 1. The molecule has 0 aliphatic carbocycles. The molecule has 106 valence electrons. The highest BCUT2D eigenvalue weighted by atomic mass is 16.5. The number of likely N-dealkylation sites (tertiary alicyclic amines) is 1. The van der Waals surface area contributed by atoms with Gasteiger partial charge in [0.1, 0.15) is 6.10 Å². The number of ether oxygens (including phenoxy) is 2. The summed E-state index contributed by atoms with van der Waals surface area (Å²) in [6, 6.07) is 6.18. The van der Waals surface area contributed by atoms with Crippen LogP contribution in [0, 0.1) is 0 Å². The first-order valence-corrected chi connectivity index (χ1v) is 6.87. The quantitative estimate of drug-likeness (QED) is 0.851. The number of likely N-dealkylation sites (N-methyl/N-ethyl adjacent to an activating group) is 1. The molecule has 0 radical (unpaired) electrons. The van der Waals surface area contributed by atoms with Gasteiger partial charge in [-0.3, -0.25) is 4.90 Å². The van der Waals surface area contributed by atoms with Crippen molar-refractivity contribution in [1.82, 2.24) is 4.90 Å². The molecule has 1 atom stereocenters. The van der Waals surface area contributed by atoms with Crippen LogP contribution < -0.4 is 15.2 Å². The Morgan fingerprint density at radius 3 is 2.68 bits per heavy atom. The van der Waals surface area contributed by atoms with Crippen molar-refractivity contribution in [2.24, 2.45) is 5.73 Å². The van der Waals surface area contributed by atoms with Crippen molar-refractivity contribution in [1.29, 1.82) is 0 Å². The first-order valence-electron chi connectivity index (χ1n) is 6.87. The van der Waals surface area contributed by atoms with Gasteiger partial charge in [-0.25, -0.2) is 0 Å². The van der Waals surface area contributed by atoms with Gasteiger partial charge < -0.3 is 15.2 Å². The van der Waals surface area contributed by atoms with E-state index in [0.717, 1.165) is 31.0 Å². The summed E-state index contributed by atoms with van der Waals surface area (Å²) in [5.41, 5.74) is 6.88. The molecule has 2 N–H and O–H groups in total. The lowest BCUT2D eigenvalue weighted by Gasteiger charge is -2.36. The van der Waals surface area contributed by atoms with Crippen molar-refractivity contribution in [2.45, 2.75) is 25.4 Å². The van der Waals surface area contributed by atoms with Gasteiger partial charge in [0.2, 0.25) is 0 Å². The largest absolute Gasteiger partial charge is 0.493 e. The van der Waals surface area contributed by atoms with E-state index < -0.39 is 0 Å². The Hall–Kier alpha value is -1.26. The van der Waals surface area contributed by atoms with Crippen LogP contribution in [-0.2, 0) is 0 Å². The van der Waals surface area contributed by atoms with Gasteiger partial charge in [0.05, 0.1) is 7.11 Å². The molecule has 4 nitrogen and oxygen atoms in total. The summed E-state index contributed by atoms with van der Waals surface area (Å²) in [5.74, 6) is 2.10. The Bertz CT molecular complexity index is 417. The van der Waals surface area contributed by atoms with E-state index in [-0.39, 0.29) is 6.10 Å². The van der Waals surface area contributed by atoms with Crippen molar-refractivity contribution < 1.29 is 9.47 Å². The first kappa shape index (κ1) is 14.2. The fraction of sp³-hybridized carbons (Fsp3) is 0.600. The second-order valence-corrected chi connectivity index (χ2v) is 5.35. The van der Waals surface area contributed by atoms with Crippen molar-refractivity contribution >= 4 is 0 Å². The Balaban J connectivity index is 2.11. The maximum absolute atomic E-state index is 6.01. The molecule has 1 fully saturated rings. The second-order valence-electron chi connectivity index (χ2n) is 5.35. The normalized spacial score (nSPS) is 17.9. The zero-order valence-corrected chi connectivity index (χ0v) is 12.1. The topological polar surface area (TPSA) is 47.7 Å². The second kappa shape index (κ2) is 6.26. The third-order valence-electron chi connectivity index (χ3n) is 3.68. The molecule has 2 rings (SSSR count). The zero-order valence-electron chi connectivity index (χ0n) is 12.1. The molecule has 0 aromatic heterocycles. The van der Waals surface area contributed by atoms with E-state index in [9.17, 15) is 0 Å². The van der Waals surface area contributed by atoms with Gasteiger partial charge in [0.25, 0.3) is 0 Å². The molecular weight excluding hydrogens is 240 g/mol. The molecule has 0 bridgehead atoms. The summed E-state index contributed by atoms with van der Waals surface area (Å²) in [5, 5.41) is 0. The number of methoxy groups -OCH3 is 1. The molecule has 1 aliphatic heterocycles. The van der Waals surface area contributed by atoms with E-state index in [2.05, 4.69) is 31.0 Å². The van der Waals surface area contributed by atoms with Crippen LogP contribution in [0.15, 0.2) is 18.2 Å². The van der Waals surface area contributed by atoms with Crippen LogP contribution in [0.1, 0.15) is 24.8 Å². The highest BCUT2D eigenvalue weighted by Gasteiger charge is 2.26. The molecule has 1 heterocycles. The van der Waals surface area contributed by atoms with Gasteiger partial charge in [-0.2, -0.15) is 0 Å². The van der Waals surface area contributed by atoms with Crippen molar-refractivity contribution in [3.05, 3.63) is 23.8 Å². The molecule has 0 spiro atoms. The minimum atomic E-state index is 0.277. The zero-order chi connectivity index (χ0) is 13.8. The minimum Gasteiger partial charge on any atom is -0.493 e. The lowest BCUT2D eigenvalue weighted by atomic mass is 9.97. The SMILES string of the molecule is COc1ccc(C(C)CCN)cc1OC1CN(C)C1. The smallest absolute Gasteiger partial charge is 0.162 e. The Labute approximate surface area is 115 Å². The third-order valence-corrected chi connectivity index (χ3v) is 3.68. The molecule has 1 aromatic carbocycles. The summed E-state index contributed by atoms with van der Waals surface area (Å²) < 4.78 is 11.4. The molecule has 1 saturated heterocycles. The molecule has 0 saturated carbocycles. The van der Waals surface area contributed by atoms with Gasteiger partial charge in [0, 0.05) is 13.1 Å². The summed E-state index contributed by atoms with van der Waals surface area (Å²) in [6.45, 7) is 4.85. The molecular formula is C15H24N2O2. The number of hydrogen-bond donors (Lipinski definition) is 1. The Morgan fingerprint density at radius 1 is 1.37 bits per heavy atom. The number of benzene rings is 1. The van der Waals surface area contributed by atoms with E-state index >= 15 is 0 Å². The maximum Gasteiger partial charge on any atom is 0.162 e. The van der Waals surface area contributed by atoms with Gasteiger partial charge in [-0.1, -0.05) is 13.0 Å².